The van der Waals surface area contributed by atoms with Crippen molar-refractivity contribution in [3.8, 4) is 0 Å². The number of hydrogen-bond donors (Lipinski definition) is 19. The predicted octanol–water partition coefficient (Wildman–Crippen LogP) is -12.9. The summed E-state index contributed by atoms with van der Waals surface area (Å²) in [6.07, 6.45) is -52.2. The minimum Gasteiger partial charge on any atom is -0.394 e. The first kappa shape index (κ1) is 59.5. The highest BCUT2D eigenvalue weighted by atomic mass is 16.8. The first-order valence-electron chi connectivity index (χ1n) is 23.1. The number of hydrogen-bond acceptors (Lipinski definition) is 31. The Morgan fingerprint density at radius 1 is 0.458 bits per heavy atom. The highest BCUT2D eigenvalue weighted by molar-refractivity contribution is 5.79. The van der Waals surface area contributed by atoms with Crippen LogP contribution in [0.1, 0.15) is 13.8 Å². The third kappa shape index (κ3) is 12.7. The molecule has 20 N–H and O–H groups in total. The van der Waals surface area contributed by atoms with E-state index in [1.54, 1.807) is 0 Å². The van der Waals surface area contributed by atoms with Crippen molar-refractivity contribution < 1.29 is 148 Å². The molecule has 0 radical (unpaired) electrons. The normalized spacial score (nSPS) is 50.9. The SMILES string of the molecule is CO[C@H]1OC(CO)[C@H](O[C@H]2OC(CO[C@@H]3OC(C)[C@H](O)C(O)[C@@H]3O[C@H]3OC(CO)[C@@H](O)[C@H](O)C3O)[C@@H](O)[C@H](O)C2O)[C@H](O[C@@H]2OC(CO[C@H]3OC(CO)[C@@H](O)[C@H](O)C3O)[C@@H](O)[C@H](O)C2O)C1NC(C)C(N)=O. The van der Waals surface area contributed by atoms with Gasteiger partial charge in [0.25, 0.3) is 0 Å². The van der Waals surface area contributed by atoms with Gasteiger partial charge in [0.2, 0.25) is 5.91 Å². The Labute approximate surface area is 409 Å². The molecule has 32 heteroatoms. The van der Waals surface area contributed by atoms with Crippen molar-refractivity contribution >= 4 is 5.91 Å². The van der Waals surface area contributed by atoms with Gasteiger partial charge in [-0.1, -0.05) is 0 Å². The number of ether oxygens (including phenoxy) is 12. The van der Waals surface area contributed by atoms with E-state index in [1.165, 1.54) is 13.8 Å². The minimum atomic E-state index is -2.14. The number of amides is 1. The summed E-state index contributed by atoms with van der Waals surface area (Å²) in [5.74, 6) is -0.923. The monoisotopic (exact) mass is 1060 g/mol. The standard InChI is InChI=1S/C40H70N2O30/c1-9(34(41)60)42-16-32(71-39-30(59)25(54)20(49)14(69-39)7-62-36-27(56)22(51)18(47)11(4-43)65-36)31(13(6-45)67-35(16)61-3)70-38-29(58)24(53)21(50)15(68-38)8-63-40-33(26(55)17(46)10(2)64-40)72-37-28(57)23(52)19(48)12(5-44)66-37/h9-33,35-40,42-59H,4-8H2,1-3H3,(H2,41,60)/t9?,10?,11?,12?,13?,14?,15?,16?,17-,18+,19+,20+,21+,22-,23-,24-,25-,26?,27?,28?,29?,30?,31-,32+,33-,35-,36-,37+,38+,39-,40+/m0/s1. The third-order valence-corrected chi connectivity index (χ3v) is 13.5. The van der Waals surface area contributed by atoms with Crippen LogP contribution in [0.2, 0.25) is 0 Å². The van der Waals surface area contributed by atoms with Crippen LogP contribution >= 0.6 is 0 Å². The first-order valence-corrected chi connectivity index (χ1v) is 23.1. The van der Waals surface area contributed by atoms with E-state index in [1.807, 2.05) is 0 Å². The van der Waals surface area contributed by atoms with E-state index in [9.17, 15) is 91.6 Å². The lowest BCUT2D eigenvalue weighted by molar-refractivity contribution is -0.383. The number of carbonyl (C=O) groups excluding carboxylic acids is 1. The van der Waals surface area contributed by atoms with Gasteiger partial charge in [0.05, 0.1) is 51.2 Å². The lowest BCUT2D eigenvalue weighted by Gasteiger charge is -2.50. The maximum atomic E-state index is 12.4. The van der Waals surface area contributed by atoms with Crippen molar-refractivity contribution in [2.45, 2.75) is 204 Å². The van der Waals surface area contributed by atoms with E-state index < -0.39 is 229 Å². The smallest absolute Gasteiger partial charge is 0.234 e. The van der Waals surface area contributed by atoms with Gasteiger partial charge in [-0.25, -0.2) is 0 Å². The fourth-order valence-electron chi connectivity index (χ4n) is 8.97. The summed E-state index contributed by atoms with van der Waals surface area (Å²) in [6, 6.07) is -2.68. The van der Waals surface area contributed by atoms with E-state index in [4.69, 9.17) is 62.6 Å². The van der Waals surface area contributed by atoms with Crippen LogP contribution in [0, 0.1) is 0 Å². The Bertz CT molecular complexity index is 1680. The van der Waals surface area contributed by atoms with Gasteiger partial charge in [0.15, 0.2) is 37.7 Å². The molecule has 420 valence electrons. The van der Waals surface area contributed by atoms with Gasteiger partial charge in [0, 0.05) is 7.11 Å². The van der Waals surface area contributed by atoms with E-state index in [-0.39, 0.29) is 0 Å². The number of aliphatic hydroxyl groups excluding tert-OH is 17. The zero-order valence-corrected chi connectivity index (χ0v) is 38.9. The number of aliphatic hydroxyl groups is 17. The molecule has 6 saturated heterocycles. The first-order chi connectivity index (χ1) is 34.0. The van der Waals surface area contributed by atoms with E-state index in [2.05, 4.69) is 5.32 Å². The van der Waals surface area contributed by atoms with Crippen LogP contribution in [-0.4, -0.2) is 323 Å². The minimum absolute atomic E-state index is 0.779. The maximum absolute atomic E-state index is 12.4. The van der Waals surface area contributed by atoms with Gasteiger partial charge in [0.1, 0.15) is 134 Å². The molecule has 0 saturated carbocycles. The molecule has 6 aliphatic heterocycles. The summed E-state index contributed by atoms with van der Waals surface area (Å²) in [5, 5.41) is 183. The Balaban J connectivity index is 1.24. The zero-order valence-electron chi connectivity index (χ0n) is 38.9. The number of rotatable bonds is 19. The second kappa shape index (κ2) is 25.6. The molecule has 6 aliphatic rings. The molecule has 0 bridgehead atoms. The highest BCUT2D eigenvalue weighted by Gasteiger charge is 2.57. The average molecular weight is 1060 g/mol. The molecule has 0 aromatic carbocycles. The van der Waals surface area contributed by atoms with Crippen LogP contribution in [0.15, 0.2) is 0 Å². The van der Waals surface area contributed by atoms with Crippen LogP contribution < -0.4 is 11.1 Å². The molecule has 6 rings (SSSR count). The topological polar surface area (TPSA) is 510 Å². The molecular formula is C40H70N2O30. The Morgan fingerprint density at radius 3 is 1.28 bits per heavy atom. The predicted molar refractivity (Wildman–Crippen MR) is 222 cm³/mol. The second-order valence-electron chi connectivity index (χ2n) is 18.4. The summed E-state index contributed by atoms with van der Waals surface area (Å²) >= 11 is 0. The molecule has 0 aromatic rings. The average Bonchev–Trinajstić information content (AvgIpc) is 3.36. The number of nitrogens with two attached hydrogens (primary N) is 1. The molecule has 0 aromatic heterocycles. The lowest BCUT2D eigenvalue weighted by atomic mass is 9.94. The van der Waals surface area contributed by atoms with E-state index >= 15 is 0 Å². The highest BCUT2D eigenvalue weighted by Crippen LogP contribution is 2.36. The van der Waals surface area contributed by atoms with Gasteiger partial charge in [-0.05, 0) is 13.8 Å². The summed E-state index contributed by atoms with van der Waals surface area (Å²) < 4.78 is 69.1. The van der Waals surface area contributed by atoms with E-state index in [0.717, 1.165) is 7.11 Å². The van der Waals surface area contributed by atoms with Crippen LogP contribution in [0.25, 0.3) is 0 Å². The van der Waals surface area contributed by atoms with Crippen LogP contribution in [-0.2, 0) is 61.6 Å². The Morgan fingerprint density at radius 2 is 0.833 bits per heavy atom. The van der Waals surface area contributed by atoms with Gasteiger partial charge in [-0.15, -0.1) is 0 Å². The van der Waals surface area contributed by atoms with Crippen molar-refractivity contribution in [2.24, 2.45) is 5.73 Å². The number of methoxy groups -OCH3 is 1. The van der Waals surface area contributed by atoms with Crippen molar-refractivity contribution in [1.82, 2.24) is 5.32 Å². The molecular weight excluding hydrogens is 988 g/mol. The fraction of sp³-hybridized carbons (Fsp3) is 0.975. The summed E-state index contributed by atoms with van der Waals surface area (Å²) in [6.45, 7) is -1.51. The van der Waals surface area contributed by atoms with Crippen molar-refractivity contribution in [3.63, 3.8) is 0 Å². The Kier molecular flexibility index (Phi) is 21.2. The van der Waals surface area contributed by atoms with Gasteiger partial charge >= 0.3 is 0 Å². The number of nitrogens with one attached hydrogen (secondary N) is 1. The molecule has 13 unspecified atom stereocenters. The van der Waals surface area contributed by atoms with Crippen molar-refractivity contribution in [2.75, 3.05) is 40.1 Å². The summed E-state index contributed by atoms with van der Waals surface area (Å²) in [4.78, 5) is 12.4. The number of carbonyl (C=O) groups is 1. The second-order valence-corrected chi connectivity index (χ2v) is 18.4. The van der Waals surface area contributed by atoms with Crippen LogP contribution in [0.5, 0.6) is 0 Å². The number of primary amides is 1. The molecule has 31 atom stereocenters. The zero-order chi connectivity index (χ0) is 53.2. The van der Waals surface area contributed by atoms with Crippen molar-refractivity contribution in [1.29, 1.82) is 0 Å². The van der Waals surface area contributed by atoms with Crippen LogP contribution in [0.4, 0.5) is 0 Å². The van der Waals surface area contributed by atoms with E-state index in [0.29, 0.717) is 0 Å². The quantitative estimate of drug-likeness (QED) is 0.0571. The summed E-state index contributed by atoms with van der Waals surface area (Å²) in [7, 11) is 1.16. The molecule has 6 fully saturated rings. The molecule has 6 heterocycles. The summed E-state index contributed by atoms with van der Waals surface area (Å²) in [5.41, 5.74) is 5.56. The van der Waals surface area contributed by atoms with Crippen molar-refractivity contribution in [3.05, 3.63) is 0 Å². The lowest BCUT2D eigenvalue weighted by Crippen LogP contribution is -2.70. The van der Waals surface area contributed by atoms with Crippen LogP contribution in [0.3, 0.4) is 0 Å². The molecule has 0 spiro atoms. The van der Waals surface area contributed by atoms with Gasteiger partial charge < -0.3 is 149 Å². The molecule has 1 amide bonds. The maximum Gasteiger partial charge on any atom is 0.234 e. The molecule has 72 heavy (non-hydrogen) atoms. The van der Waals surface area contributed by atoms with Gasteiger partial charge in [-0.2, -0.15) is 0 Å². The third-order valence-electron chi connectivity index (χ3n) is 13.5. The largest absolute Gasteiger partial charge is 0.394 e. The van der Waals surface area contributed by atoms with Gasteiger partial charge in [-0.3, -0.25) is 10.1 Å². The molecule has 0 aliphatic carbocycles. The fourth-order valence-corrected chi connectivity index (χ4v) is 8.97. The molecule has 32 nitrogen and oxygen atoms in total. The Hall–Kier alpha value is -1.73.